The van der Waals surface area contributed by atoms with Crippen LogP contribution in [0.1, 0.15) is 12.8 Å². The summed E-state index contributed by atoms with van der Waals surface area (Å²) in [5.41, 5.74) is 5.17. The van der Waals surface area contributed by atoms with Crippen LogP contribution in [0.25, 0.3) is 0 Å². The van der Waals surface area contributed by atoms with Gasteiger partial charge in [0.15, 0.2) is 0 Å². The first-order valence-electron chi connectivity index (χ1n) is 7.10. The molecule has 0 unspecified atom stereocenters. The van der Waals surface area contributed by atoms with E-state index in [1.54, 1.807) is 7.11 Å². The summed E-state index contributed by atoms with van der Waals surface area (Å²) in [5.74, 6) is 0.148. The quantitative estimate of drug-likeness (QED) is 0.584. The lowest BCUT2D eigenvalue weighted by Crippen LogP contribution is -2.36. The molecule has 0 bridgehead atoms. The molecule has 0 saturated heterocycles. The van der Waals surface area contributed by atoms with Crippen molar-refractivity contribution in [1.82, 2.24) is 14.5 Å². The number of anilines is 2. The van der Waals surface area contributed by atoms with E-state index in [9.17, 15) is 9.59 Å². The van der Waals surface area contributed by atoms with Crippen LogP contribution in [0, 0.1) is 0 Å². The molecule has 0 spiro atoms. The highest BCUT2D eigenvalue weighted by Crippen LogP contribution is 2.24. The normalized spacial score (nSPS) is 14.6. The fraction of sp³-hybridized carbons (Fsp3) is 0.692. The van der Waals surface area contributed by atoms with Gasteiger partial charge in [0, 0.05) is 26.2 Å². The highest BCUT2D eigenvalue weighted by atomic mass is 16.5. The zero-order valence-electron chi connectivity index (χ0n) is 12.5. The first-order valence-corrected chi connectivity index (χ1v) is 7.10. The molecular weight excluding hydrogens is 274 g/mol. The second-order valence-corrected chi connectivity index (χ2v) is 5.30. The standard InChI is InChI=1S/C13H23N5O3/c1-17(9-3-4-9)6-5-15-10-11(14)18(7-8-21-2)13(20)16-12(10)19/h9,15H,3-8,14H2,1-2H3,(H,16,19,20). The Bertz CT molecular complexity index is 590. The maximum absolute atomic E-state index is 11.9. The van der Waals surface area contributed by atoms with Gasteiger partial charge in [-0.3, -0.25) is 14.3 Å². The van der Waals surface area contributed by atoms with Crippen molar-refractivity contribution in [3.8, 4) is 0 Å². The molecule has 1 fully saturated rings. The number of nitrogens with zero attached hydrogens (tertiary/aromatic N) is 2. The van der Waals surface area contributed by atoms with Gasteiger partial charge in [0.05, 0.1) is 13.2 Å². The van der Waals surface area contributed by atoms with E-state index >= 15 is 0 Å². The Morgan fingerprint density at radius 1 is 1.48 bits per heavy atom. The first-order chi connectivity index (χ1) is 10.0. The van der Waals surface area contributed by atoms with Gasteiger partial charge in [0.2, 0.25) is 0 Å². The molecule has 2 rings (SSSR count). The predicted octanol–water partition coefficient (Wildman–Crippen LogP) is -0.729. The molecule has 1 saturated carbocycles. The summed E-state index contributed by atoms with van der Waals surface area (Å²) in [6.07, 6.45) is 2.47. The van der Waals surface area contributed by atoms with Crippen LogP contribution in [0.2, 0.25) is 0 Å². The van der Waals surface area contributed by atoms with Crippen molar-refractivity contribution in [3.63, 3.8) is 0 Å². The molecule has 1 aromatic heterocycles. The molecule has 1 aliphatic rings. The monoisotopic (exact) mass is 297 g/mol. The second kappa shape index (κ2) is 6.77. The van der Waals surface area contributed by atoms with Crippen LogP contribution in [-0.4, -0.2) is 54.3 Å². The van der Waals surface area contributed by atoms with E-state index in [0.29, 0.717) is 25.7 Å². The van der Waals surface area contributed by atoms with E-state index < -0.39 is 11.2 Å². The number of H-pyrrole nitrogens is 1. The summed E-state index contributed by atoms with van der Waals surface area (Å²) in [5, 5.41) is 3.03. The number of likely N-dealkylation sites (N-methyl/N-ethyl adjacent to an activating group) is 1. The second-order valence-electron chi connectivity index (χ2n) is 5.30. The molecule has 8 heteroatoms. The van der Waals surface area contributed by atoms with E-state index in [4.69, 9.17) is 10.5 Å². The maximum atomic E-state index is 11.9. The number of ether oxygens (including phenoxy) is 1. The van der Waals surface area contributed by atoms with Crippen LogP contribution in [0.4, 0.5) is 11.5 Å². The van der Waals surface area contributed by atoms with E-state index in [-0.39, 0.29) is 11.5 Å². The minimum Gasteiger partial charge on any atom is -0.383 e. The fourth-order valence-electron chi connectivity index (χ4n) is 2.22. The largest absolute Gasteiger partial charge is 0.383 e. The lowest BCUT2D eigenvalue weighted by molar-refractivity contribution is 0.186. The molecule has 4 N–H and O–H groups in total. The Morgan fingerprint density at radius 3 is 2.81 bits per heavy atom. The first kappa shape index (κ1) is 15.6. The third-order valence-electron chi connectivity index (χ3n) is 3.70. The van der Waals surface area contributed by atoms with Gasteiger partial charge in [0.1, 0.15) is 11.5 Å². The summed E-state index contributed by atoms with van der Waals surface area (Å²) in [6.45, 7) is 2.07. The summed E-state index contributed by atoms with van der Waals surface area (Å²) in [6, 6.07) is 0.665. The zero-order valence-corrected chi connectivity index (χ0v) is 12.5. The van der Waals surface area contributed by atoms with Crippen molar-refractivity contribution in [3.05, 3.63) is 20.8 Å². The number of nitrogens with two attached hydrogens (primary N) is 1. The Balaban J connectivity index is 2.06. The Morgan fingerprint density at radius 2 is 2.19 bits per heavy atom. The van der Waals surface area contributed by atoms with Crippen LogP contribution < -0.4 is 22.3 Å². The lowest BCUT2D eigenvalue weighted by atomic mass is 10.4. The van der Waals surface area contributed by atoms with Crippen molar-refractivity contribution >= 4 is 11.5 Å². The minimum absolute atomic E-state index is 0.148. The third kappa shape index (κ3) is 3.85. The van der Waals surface area contributed by atoms with Gasteiger partial charge in [-0.2, -0.15) is 0 Å². The van der Waals surface area contributed by atoms with Crippen LogP contribution in [0.3, 0.4) is 0 Å². The van der Waals surface area contributed by atoms with Crippen molar-refractivity contribution in [2.45, 2.75) is 25.4 Å². The van der Waals surface area contributed by atoms with Crippen molar-refractivity contribution < 1.29 is 4.74 Å². The SMILES string of the molecule is COCCn1c(N)c(NCCN(C)C2CC2)c(=O)[nH]c1=O. The lowest BCUT2D eigenvalue weighted by Gasteiger charge is -2.17. The third-order valence-corrected chi connectivity index (χ3v) is 3.70. The summed E-state index contributed by atoms with van der Waals surface area (Å²) in [7, 11) is 3.60. The number of hydrogen-bond acceptors (Lipinski definition) is 6. The van der Waals surface area contributed by atoms with Crippen molar-refractivity contribution in [2.75, 3.05) is 44.9 Å². The van der Waals surface area contributed by atoms with E-state index in [1.807, 2.05) is 0 Å². The highest BCUT2D eigenvalue weighted by Gasteiger charge is 2.25. The van der Waals surface area contributed by atoms with Gasteiger partial charge >= 0.3 is 5.69 Å². The highest BCUT2D eigenvalue weighted by molar-refractivity contribution is 5.60. The Labute approximate surface area is 122 Å². The molecule has 0 aliphatic heterocycles. The molecule has 1 aliphatic carbocycles. The van der Waals surface area contributed by atoms with Gasteiger partial charge in [-0.05, 0) is 19.9 Å². The van der Waals surface area contributed by atoms with E-state index in [1.165, 1.54) is 17.4 Å². The minimum atomic E-state index is -0.518. The maximum Gasteiger partial charge on any atom is 0.330 e. The average molecular weight is 297 g/mol. The molecule has 118 valence electrons. The van der Waals surface area contributed by atoms with Gasteiger partial charge in [-0.15, -0.1) is 0 Å². The van der Waals surface area contributed by atoms with Crippen LogP contribution >= 0.6 is 0 Å². The summed E-state index contributed by atoms with van der Waals surface area (Å²) in [4.78, 5) is 28.1. The van der Waals surface area contributed by atoms with Crippen LogP contribution in [-0.2, 0) is 11.3 Å². The number of rotatable bonds is 8. The smallest absolute Gasteiger partial charge is 0.330 e. The molecule has 8 nitrogen and oxygen atoms in total. The Kier molecular flexibility index (Phi) is 5.03. The molecule has 21 heavy (non-hydrogen) atoms. The topological polar surface area (TPSA) is 105 Å². The van der Waals surface area contributed by atoms with Crippen LogP contribution in [0.15, 0.2) is 9.59 Å². The molecular formula is C13H23N5O3. The zero-order chi connectivity index (χ0) is 15.4. The fourth-order valence-corrected chi connectivity index (χ4v) is 2.22. The van der Waals surface area contributed by atoms with Gasteiger partial charge in [-0.1, -0.05) is 0 Å². The molecule has 0 radical (unpaired) electrons. The van der Waals surface area contributed by atoms with E-state index in [0.717, 1.165) is 6.54 Å². The van der Waals surface area contributed by atoms with E-state index in [2.05, 4.69) is 22.2 Å². The molecule has 1 heterocycles. The molecule has 1 aromatic rings. The van der Waals surface area contributed by atoms with Crippen molar-refractivity contribution in [2.24, 2.45) is 0 Å². The number of methoxy groups -OCH3 is 1. The Hall–Kier alpha value is -1.80. The summed E-state index contributed by atoms with van der Waals surface area (Å²) < 4.78 is 6.24. The average Bonchev–Trinajstić information content (AvgIpc) is 3.26. The predicted molar refractivity (Wildman–Crippen MR) is 81.8 cm³/mol. The summed E-state index contributed by atoms with van der Waals surface area (Å²) >= 11 is 0. The number of nitrogens with one attached hydrogen (secondary N) is 2. The number of hydrogen-bond donors (Lipinski definition) is 3. The molecule has 0 aromatic carbocycles. The van der Waals surface area contributed by atoms with Crippen LogP contribution in [0.5, 0.6) is 0 Å². The van der Waals surface area contributed by atoms with Crippen molar-refractivity contribution in [1.29, 1.82) is 0 Å². The van der Waals surface area contributed by atoms with Gasteiger partial charge in [0.25, 0.3) is 5.56 Å². The van der Waals surface area contributed by atoms with Gasteiger partial charge in [-0.25, -0.2) is 4.79 Å². The molecule has 0 atom stereocenters. The number of aromatic nitrogens is 2. The number of aromatic amines is 1. The number of nitrogen functional groups attached to an aromatic ring is 1. The van der Waals surface area contributed by atoms with Gasteiger partial charge < -0.3 is 20.7 Å². The molecule has 0 amide bonds.